The predicted octanol–water partition coefficient (Wildman–Crippen LogP) is 1.17. The second-order valence-electron chi connectivity index (χ2n) is 5.87. The van der Waals surface area contributed by atoms with Crippen LogP contribution in [0.4, 0.5) is 0 Å². The molecule has 4 nitrogen and oxygen atoms in total. The molecule has 0 radical (unpaired) electrons. The Morgan fingerprint density at radius 2 is 1.82 bits per heavy atom. The van der Waals surface area contributed by atoms with Gasteiger partial charge >= 0.3 is 0 Å². The largest absolute Gasteiger partial charge is 0.376 e. The minimum absolute atomic E-state index is 0.238. The summed E-state index contributed by atoms with van der Waals surface area (Å²) in [7, 11) is 0. The molecule has 1 unspecified atom stereocenters. The number of rotatable bonds is 5. The summed E-state index contributed by atoms with van der Waals surface area (Å²) >= 11 is 0. The van der Waals surface area contributed by atoms with Crippen LogP contribution < -0.4 is 11.5 Å². The van der Waals surface area contributed by atoms with Gasteiger partial charge in [-0.2, -0.15) is 0 Å². The lowest BCUT2D eigenvalue weighted by Crippen LogP contribution is -2.58. The molecule has 2 aliphatic rings. The highest BCUT2D eigenvalue weighted by atomic mass is 16.5. The van der Waals surface area contributed by atoms with E-state index in [1.807, 2.05) is 0 Å². The maximum atomic E-state index is 11.4. The summed E-state index contributed by atoms with van der Waals surface area (Å²) < 4.78 is 5.83. The zero-order valence-electron chi connectivity index (χ0n) is 10.7. The van der Waals surface area contributed by atoms with Crippen molar-refractivity contribution in [1.82, 2.24) is 0 Å². The highest BCUT2D eigenvalue weighted by Gasteiger charge is 2.47. The topological polar surface area (TPSA) is 78.3 Å². The van der Waals surface area contributed by atoms with Gasteiger partial charge in [-0.3, -0.25) is 4.79 Å². The van der Waals surface area contributed by atoms with E-state index in [4.69, 9.17) is 16.2 Å². The monoisotopic (exact) mass is 240 g/mol. The van der Waals surface area contributed by atoms with Crippen LogP contribution in [-0.4, -0.2) is 24.2 Å². The molecule has 0 heterocycles. The Morgan fingerprint density at radius 1 is 1.24 bits per heavy atom. The Kier molecular flexibility index (Phi) is 3.73. The second kappa shape index (κ2) is 4.94. The minimum atomic E-state index is -0.928. The van der Waals surface area contributed by atoms with Crippen LogP contribution in [-0.2, 0) is 9.53 Å². The molecule has 0 aromatic heterocycles. The van der Waals surface area contributed by atoms with Crippen molar-refractivity contribution < 1.29 is 9.53 Å². The predicted molar refractivity (Wildman–Crippen MR) is 66.2 cm³/mol. The first kappa shape index (κ1) is 12.8. The zero-order chi connectivity index (χ0) is 12.5. The molecule has 2 fully saturated rings. The van der Waals surface area contributed by atoms with Gasteiger partial charge in [-0.15, -0.1) is 0 Å². The number of hydrogen-bond acceptors (Lipinski definition) is 3. The molecule has 4 heteroatoms. The molecule has 1 atom stereocenters. The van der Waals surface area contributed by atoms with Crippen molar-refractivity contribution in [3.05, 3.63) is 0 Å². The van der Waals surface area contributed by atoms with Gasteiger partial charge in [0.25, 0.3) is 0 Å². The number of carbonyl (C=O) groups is 1. The van der Waals surface area contributed by atoms with Crippen molar-refractivity contribution in [3.63, 3.8) is 0 Å². The van der Waals surface area contributed by atoms with Crippen molar-refractivity contribution >= 4 is 5.91 Å². The van der Waals surface area contributed by atoms with Gasteiger partial charge < -0.3 is 16.2 Å². The van der Waals surface area contributed by atoms with Gasteiger partial charge in [0.2, 0.25) is 5.91 Å². The summed E-state index contributed by atoms with van der Waals surface area (Å²) in [6.45, 7) is 2.57. The van der Waals surface area contributed by atoms with Crippen molar-refractivity contribution in [1.29, 1.82) is 0 Å². The molecule has 0 aromatic rings. The fourth-order valence-electron chi connectivity index (χ4n) is 2.64. The van der Waals surface area contributed by atoms with E-state index >= 15 is 0 Å². The third-order valence-electron chi connectivity index (χ3n) is 4.29. The van der Waals surface area contributed by atoms with Crippen molar-refractivity contribution in [2.24, 2.45) is 23.3 Å². The van der Waals surface area contributed by atoms with Gasteiger partial charge in [-0.1, -0.05) is 6.92 Å². The van der Waals surface area contributed by atoms with E-state index in [0.29, 0.717) is 6.61 Å². The quantitative estimate of drug-likeness (QED) is 0.757. The Hall–Kier alpha value is -0.610. The molecule has 17 heavy (non-hydrogen) atoms. The van der Waals surface area contributed by atoms with Crippen molar-refractivity contribution in [2.75, 3.05) is 6.61 Å². The highest BCUT2D eigenvalue weighted by molar-refractivity contribution is 5.85. The Balaban J connectivity index is 1.81. The number of ether oxygens (including phenoxy) is 1. The molecular weight excluding hydrogens is 216 g/mol. The average Bonchev–Trinajstić information content (AvgIpc) is 3.11. The molecule has 0 spiro atoms. The van der Waals surface area contributed by atoms with Gasteiger partial charge in [-0.05, 0) is 50.4 Å². The molecule has 2 rings (SSSR count). The number of carbonyl (C=O) groups excluding carboxylic acids is 1. The molecule has 0 saturated heterocycles. The van der Waals surface area contributed by atoms with Crippen LogP contribution in [0.15, 0.2) is 0 Å². The smallest absolute Gasteiger partial charge is 0.240 e. The fraction of sp³-hybridized carbons (Fsp3) is 0.923. The average molecular weight is 240 g/mol. The van der Waals surface area contributed by atoms with Crippen LogP contribution in [0.2, 0.25) is 0 Å². The SMILES string of the molecule is CC1CCC(OCC(N)(C(N)=O)C2CC2)CC1. The third kappa shape index (κ3) is 2.99. The maximum absolute atomic E-state index is 11.4. The van der Waals surface area contributed by atoms with Crippen LogP contribution in [0.3, 0.4) is 0 Å². The first-order valence-electron chi connectivity index (χ1n) is 6.72. The van der Waals surface area contributed by atoms with Crippen molar-refractivity contribution in [3.8, 4) is 0 Å². The van der Waals surface area contributed by atoms with Gasteiger partial charge in [0.15, 0.2) is 0 Å². The van der Waals surface area contributed by atoms with Gasteiger partial charge in [0.1, 0.15) is 5.54 Å². The summed E-state index contributed by atoms with van der Waals surface area (Å²) in [6, 6.07) is 0. The van der Waals surface area contributed by atoms with Crippen LogP contribution in [0, 0.1) is 11.8 Å². The van der Waals surface area contributed by atoms with Gasteiger partial charge in [0.05, 0.1) is 12.7 Å². The maximum Gasteiger partial charge on any atom is 0.240 e. The van der Waals surface area contributed by atoms with E-state index in [9.17, 15) is 4.79 Å². The highest BCUT2D eigenvalue weighted by Crippen LogP contribution is 2.39. The molecular formula is C13H24N2O2. The molecule has 2 saturated carbocycles. The van der Waals surface area contributed by atoms with E-state index in [1.54, 1.807) is 0 Å². The fourth-order valence-corrected chi connectivity index (χ4v) is 2.64. The van der Waals surface area contributed by atoms with Gasteiger partial charge in [0, 0.05) is 0 Å². The molecule has 0 aromatic carbocycles. The number of hydrogen-bond donors (Lipinski definition) is 2. The number of nitrogens with two attached hydrogens (primary N) is 2. The second-order valence-corrected chi connectivity index (χ2v) is 5.87. The molecule has 98 valence electrons. The lowest BCUT2D eigenvalue weighted by atomic mass is 9.88. The minimum Gasteiger partial charge on any atom is -0.376 e. The summed E-state index contributed by atoms with van der Waals surface area (Å²) in [6.07, 6.45) is 6.87. The first-order valence-corrected chi connectivity index (χ1v) is 6.72. The lowest BCUT2D eigenvalue weighted by molar-refractivity contribution is -0.128. The Bertz CT molecular complexity index is 283. The van der Waals surface area contributed by atoms with Crippen LogP contribution >= 0.6 is 0 Å². The van der Waals surface area contributed by atoms with Crippen LogP contribution in [0.5, 0.6) is 0 Å². The van der Waals surface area contributed by atoms with E-state index in [1.165, 1.54) is 12.8 Å². The normalized spacial score (nSPS) is 33.1. The van der Waals surface area contributed by atoms with Crippen molar-refractivity contribution in [2.45, 2.75) is 57.1 Å². The first-order chi connectivity index (χ1) is 8.02. The zero-order valence-corrected chi connectivity index (χ0v) is 10.7. The van der Waals surface area contributed by atoms with E-state index in [-0.39, 0.29) is 12.0 Å². The molecule has 1 amide bonds. The summed E-state index contributed by atoms with van der Waals surface area (Å²) in [5.41, 5.74) is 10.6. The summed E-state index contributed by atoms with van der Waals surface area (Å²) in [5.74, 6) is 0.628. The Morgan fingerprint density at radius 3 is 2.29 bits per heavy atom. The van der Waals surface area contributed by atoms with E-state index < -0.39 is 11.4 Å². The van der Waals surface area contributed by atoms with Crippen LogP contribution in [0.1, 0.15) is 45.4 Å². The van der Waals surface area contributed by atoms with Gasteiger partial charge in [-0.25, -0.2) is 0 Å². The third-order valence-corrected chi connectivity index (χ3v) is 4.29. The number of amides is 1. The molecule has 0 aliphatic heterocycles. The lowest BCUT2D eigenvalue weighted by Gasteiger charge is -2.31. The van der Waals surface area contributed by atoms with E-state index in [0.717, 1.165) is 31.6 Å². The van der Waals surface area contributed by atoms with E-state index in [2.05, 4.69) is 6.92 Å². The standard InChI is InChI=1S/C13H24N2O2/c1-9-2-6-11(7-3-9)17-8-13(15,12(14)16)10-4-5-10/h9-11H,2-8,15H2,1H3,(H2,14,16). The molecule has 2 aliphatic carbocycles. The Labute approximate surface area is 103 Å². The summed E-state index contributed by atoms with van der Waals surface area (Å²) in [4.78, 5) is 11.4. The number of primary amides is 1. The van der Waals surface area contributed by atoms with Crippen LogP contribution in [0.25, 0.3) is 0 Å². The summed E-state index contributed by atoms with van der Waals surface area (Å²) in [5, 5.41) is 0. The molecule has 0 bridgehead atoms. The molecule has 4 N–H and O–H groups in total.